The van der Waals surface area contributed by atoms with Gasteiger partial charge >= 0.3 is 0 Å². The van der Waals surface area contributed by atoms with Gasteiger partial charge in [-0.2, -0.15) is 0 Å². The Morgan fingerprint density at radius 3 is 2.30 bits per heavy atom. The number of carbonyl (C=O) groups excluding carboxylic acids is 2. The summed E-state index contributed by atoms with van der Waals surface area (Å²) >= 11 is 0. The van der Waals surface area contributed by atoms with Crippen LogP contribution < -0.4 is 14.4 Å². The monoisotopic (exact) mass is 623 g/mol. The molecule has 3 aromatic rings. The molecule has 3 aromatic carbocycles. The second-order valence-corrected chi connectivity index (χ2v) is 13.2. The van der Waals surface area contributed by atoms with Gasteiger partial charge < -0.3 is 15.0 Å². The highest BCUT2D eigenvalue weighted by Gasteiger charge is 2.32. The van der Waals surface area contributed by atoms with Crippen LogP contribution in [-0.4, -0.2) is 57.1 Å². The van der Waals surface area contributed by atoms with Gasteiger partial charge in [0.25, 0.3) is 0 Å². The molecule has 0 spiro atoms. The van der Waals surface area contributed by atoms with Crippen molar-refractivity contribution < 1.29 is 27.1 Å². The molecule has 1 N–H and O–H groups in total. The van der Waals surface area contributed by atoms with Crippen molar-refractivity contribution >= 4 is 27.5 Å². The fraction of sp³-hybridized carbons (Fsp3) is 0.412. The Bertz CT molecular complexity index is 1480. The highest BCUT2D eigenvalue weighted by atomic mass is 32.2. The zero-order valence-electron chi connectivity index (χ0n) is 25.5. The Balaban J connectivity index is 1.60. The zero-order chi connectivity index (χ0) is 31.5. The number of carbonyl (C=O) groups is 2. The first-order valence-electron chi connectivity index (χ1n) is 15.1. The molecule has 0 aromatic heterocycles. The summed E-state index contributed by atoms with van der Waals surface area (Å²) in [4.78, 5) is 29.6. The summed E-state index contributed by atoms with van der Waals surface area (Å²) in [5.41, 5.74) is 2.06. The maximum atomic E-state index is 14.0. The van der Waals surface area contributed by atoms with E-state index in [2.05, 4.69) is 5.32 Å². The molecule has 10 heteroatoms. The maximum absolute atomic E-state index is 14.0. The Morgan fingerprint density at radius 2 is 1.64 bits per heavy atom. The van der Waals surface area contributed by atoms with Gasteiger partial charge in [-0.1, -0.05) is 61.7 Å². The van der Waals surface area contributed by atoms with Gasteiger partial charge in [-0.25, -0.2) is 12.8 Å². The van der Waals surface area contributed by atoms with E-state index in [1.807, 2.05) is 54.6 Å². The first kappa shape index (κ1) is 33.0. The lowest BCUT2D eigenvalue weighted by atomic mass is 9.94. The van der Waals surface area contributed by atoms with Gasteiger partial charge in [0.15, 0.2) is 0 Å². The van der Waals surface area contributed by atoms with E-state index in [0.717, 1.165) is 49.5 Å². The van der Waals surface area contributed by atoms with Crippen LogP contribution in [0, 0.1) is 5.82 Å². The lowest BCUT2D eigenvalue weighted by molar-refractivity contribution is -0.141. The van der Waals surface area contributed by atoms with Crippen LogP contribution in [0.2, 0.25) is 0 Å². The fourth-order valence-corrected chi connectivity index (χ4v) is 6.64. The zero-order valence-corrected chi connectivity index (χ0v) is 26.3. The third-order valence-corrected chi connectivity index (χ3v) is 9.17. The van der Waals surface area contributed by atoms with Crippen LogP contribution in [0.5, 0.6) is 5.75 Å². The molecule has 4 rings (SSSR count). The number of hydrogen-bond donors (Lipinski definition) is 1. The van der Waals surface area contributed by atoms with Crippen LogP contribution in [0.4, 0.5) is 10.1 Å². The molecule has 8 nitrogen and oxygen atoms in total. The molecule has 0 unspecified atom stereocenters. The third kappa shape index (κ3) is 9.54. The molecule has 1 saturated carbocycles. The maximum Gasteiger partial charge on any atom is 0.243 e. The average Bonchev–Trinajstić information content (AvgIpc) is 3.02. The molecule has 1 aliphatic rings. The van der Waals surface area contributed by atoms with Gasteiger partial charge in [0.1, 0.15) is 17.6 Å². The van der Waals surface area contributed by atoms with Crippen molar-refractivity contribution in [2.75, 3.05) is 24.2 Å². The molecule has 1 atom stereocenters. The van der Waals surface area contributed by atoms with Crippen molar-refractivity contribution in [1.82, 2.24) is 10.2 Å². The minimum Gasteiger partial charge on any atom is -0.497 e. The first-order chi connectivity index (χ1) is 21.1. The summed E-state index contributed by atoms with van der Waals surface area (Å²) in [6, 6.07) is 21.5. The Morgan fingerprint density at radius 1 is 0.955 bits per heavy atom. The van der Waals surface area contributed by atoms with Crippen LogP contribution in [0.15, 0.2) is 78.9 Å². The topological polar surface area (TPSA) is 96.0 Å². The first-order valence-corrected chi connectivity index (χ1v) is 17.0. The second kappa shape index (κ2) is 15.7. The number of hydrogen-bond acceptors (Lipinski definition) is 5. The summed E-state index contributed by atoms with van der Waals surface area (Å²) in [6.07, 6.45) is 6.74. The number of methoxy groups -OCH3 is 1. The summed E-state index contributed by atoms with van der Waals surface area (Å²) < 4.78 is 45.3. The van der Waals surface area contributed by atoms with Crippen LogP contribution in [0.1, 0.15) is 56.1 Å². The lowest BCUT2D eigenvalue weighted by Gasteiger charge is -2.34. The Hall–Kier alpha value is -3.92. The quantitative estimate of drug-likeness (QED) is 0.257. The van der Waals surface area contributed by atoms with Gasteiger partial charge in [0, 0.05) is 32.0 Å². The van der Waals surface area contributed by atoms with Crippen LogP contribution in [0.25, 0.3) is 0 Å². The van der Waals surface area contributed by atoms with Gasteiger partial charge in [-0.15, -0.1) is 0 Å². The number of anilines is 1. The molecule has 0 heterocycles. The van der Waals surface area contributed by atoms with E-state index in [0.29, 0.717) is 17.9 Å². The van der Waals surface area contributed by atoms with Crippen molar-refractivity contribution in [2.45, 2.75) is 70.0 Å². The molecule has 1 aliphatic carbocycles. The standard InChI is InChI=1S/C34H42FN3O5S/c1-43-31-16-9-13-27(23-31)25-37(33(39)17-10-22-38(44(2,41)42)30-20-18-28(35)19-21-30)32(24-26-11-5-3-6-12-26)34(40)36-29-14-7-4-8-15-29/h3,5-6,9,11-13,16,18-21,23,29,32H,4,7-8,10,14-15,17,22,24-25H2,1-2H3,(H,36,40)/t32-/m1/s1. The van der Waals surface area contributed by atoms with E-state index in [9.17, 15) is 22.4 Å². The summed E-state index contributed by atoms with van der Waals surface area (Å²) in [7, 11) is -2.11. The van der Waals surface area contributed by atoms with E-state index in [1.165, 1.54) is 28.6 Å². The molecule has 236 valence electrons. The number of amides is 2. The van der Waals surface area contributed by atoms with Crippen LogP contribution >= 0.6 is 0 Å². The number of nitrogens with zero attached hydrogens (tertiary/aromatic N) is 2. The number of ether oxygens (including phenoxy) is 1. The predicted octanol–water partition coefficient (Wildman–Crippen LogP) is 5.47. The van der Waals surface area contributed by atoms with Crippen molar-refractivity contribution in [3.63, 3.8) is 0 Å². The molecule has 2 amide bonds. The highest BCUT2D eigenvalue weighted by Crippen LogP contribution is 2.23. The Kier molecular flexibility index (Phi) is 11.8. The van der Waals surface area contributed by atoms with Gasteiger partial charge in [0.2, 0.25) is 21.8 Å². The predicted molar refractivity (Wildman–Crippen MR) is 170 cm³/mol. The minimum absolute atomic E-state index is 0.0131. The molecule has 44 heavy (non-hydrogen) atoms. The SMILES string of the molecule is COc1cccc(CN(C(=O)CCCN(c2ccc(F)cc2)S(C)(=O)=O)[C@H](Cc2ccccc2)C(=O)NC2CCCCC2)c1. The number of rotatable bonds is 14. The van der Waals surface area contributed by atoms with Gasteiger partial charge in [-0.3, -0.25) is 13.9 Å². The van der Waals surface area contributed by atoms with E-state index in [1.54, 1.807) is 12.0 Å². The van der Waals surface area contributed by atoms with Gasteiger partial charge in [0.05, 0.1) is 19.1 Å². The smallest absolute Gasteiger partial charge is 0.243 e. The largest absolute Gasteiger partial charge is 0.497 e. The molecular weight excluding hydrogens is 581 g/mol. The average molecular weight is 624 g/mol. The molecular formula is C34H42FN3O5S. The van der Waals surface area contributed by atoms with E-state index >= 15 is 0 Å². The fourth-order valence-electron chi connectivity index (χ4n) is 5.68. The van der Waals surface area contributed by atoms with Crippen molar-refractivity contribution in [3.8, 4) is 5.75 Å². The lowest BCUT2D eigenvalue weighted by Crippen LogP contribution is -2.52. The summed E-state index contributed by atoms with van der Waals surface area (Å²) in [6.45, 7) is 0.209. The number of halogens is 1. The van der Waals surface area contributed by atoms with Crippen LogP contribution in [-0.2, 0) is 32.6 Å². The van der Waals surface area contributed by atoms with E-state index in [-0.39, 0.29) is 43.8 Å². The van der Waals surface area contributed by atoms with Crippen LogP contribution in [0.3, 0.4) is 0 Å². The molecule has 0 aliphatic heterocycles. The summed E-state index contributed by atoms with van der Waals surface area (Å²) in [5, 5.41) is 3.23. The second-order valence-electron chi connectivity index (χ2n) is 11.3. The summed E-state index contributed by atoms with van der Waals surface area (Å²) in [5.74, 6) is -0.285. The normalized spacial score (nSPS) is 14.4. The highest BCUT2D eigenvalue weighted by molar-refractivity contribution is 7.92. The number of nitrogens with one attached hydrogen (secondary N) is 1. The molecule has 1 fully saturated rings. The molecule has 0 saturated heterocycles. The minimum atomic E-state index is -3.68. The van der Waals surface area contributed by atoms with Crippen molar-refractivity contribution in [1.29, 1.82) is 0 Å². The van der Waals surface area contributed by atoms with E-state index in [4.69, 9.17) is 4.74 Å². The molecule has 0 bridgehead atoms. The third-order valence-electron chi connectivity index (χ3n) is 7.98. The van der Waals surface area contributed by atoms with Crippen molar-refractivity contribution in [3.05, 3.63) is 95.8 Å². The van der Waals surface area contributed by atoms with Gasteiger partial charge in [-0.05, 0) is 66.8 Å². The number of sulfonamides is 1. The van der Waals surface area contributed by atoms with Crippen molar-refractivity contribution in [2.24, 2.45) is 0 Å². The molecule has 0 radical (unpaired) electrons. The van der Waals surface area contributed by atoms with E-state index < -0.39 is 21.9 Å². The number of benzene rings is 3. The Labute approximate surface area is 260 Å².